The maximum absolute atomic E-state index is 12.5. The number of urea groups is 1. The van der Waals surface area contributed by atoms with Crippen LogP contribution in [0.1, 0.15) is 21.5 Å². The number of nitrogens with zero attached hydrogens (tertiary/aromatic N) is 1. The Morgan fingerprint density at radius 2 is 1.79 bits per heavy atom. The third-order valence-corrected chi connectivity index (χ3v) is 4.02. The van der Waals surface area contributed by atoms with E-state index in [4.69, 9.17) is 9.47 Å². The summed E-state index contributed by atoms with van der Waals surface area (Å²) in [6.07, 6.45) is 0. The fraction of sp³-hybridized carbons (Fsp3) is 0.222. The van der Waals surface area contributed by atoms with Crippen LogP contribution in [0.15, 0.2) is 42.5 Å². The first-order chi connectivity index (χ1) is 11.6. The number of anilines is 1. The van der Waals surface area contributed by atoms with E-state index in [1.807, 2.05) is 6.07 Å². The summed E-state index contributed by atoms with van der Waals surface area (Å²) in [5.74, 6) is 0.341. The summed E-state index contributed by atoms with van der Waals surface area (Å²) >= 11 is 0. The lowest BCUT2D eigenvalue weighted by Crippen LogP contribution is -2.30. The van der Waals surface area contributed by atoms with Gasteiger partial charge in [-0.05, 0) is 41.5 Å². The van der Waals surface area contributed by atoms with Gasteiger partial charge in [-0.1, -0.05) is 12.1 Å². The van der Waals surface area contributed by atoms with Crippen molar-refractivity contribution in [3.63, 3.8) is 0 Å². The summed E-state index contributed by atoms with van der Waals surface area (Å²) in [5.41, 5.74) is 3.00. The highest BCUT2D eigenvalue weighted by molar-refractivity contribution is 5.93. The number of rotatable bonds is 3. The monoisotopic (exact) mass is 326 g/mol. The highest BCUT2D eigenvalue weighted by atomic mass is 16.5. The summed E-state index contributed by atoms with van der Waals surface area (Å²) in [6, 6.07) is 12.3. The summed E-state index contributed by atoms with van der Waals surface area (Å²) in [6.45, 7) is 0.838. The minimum Gasteiger partial charge on any atom is -0.497 e. The number of ether oxygens (including phenoxy) is 2. The molecule has 6 nitrogen and oxygen atoms in total. The number of esters is 1. The summed E-state index contributed by atoms with van der Waals surface area (Å²) in [4.78, 5) is 26.0. The molecule has 6 heteroatoms. The molecule has 1 aliphatic rings. The number of carbonyl (C=O) groups excluding carboxylic acids is 2. The summed E-state index contributed by atoms with van der Waals surface area (Å²) in [7, 11) is 2.94. The fourth-order valence-electron chi connectivity index (χ4n) is 2.74. The zero-order valence-electron chi connectivity index (χ0n) is 13.5. The van der Waals surface area contributed by atoms with E-state index in [2.05, 4.69) is 5.32 Å². The second-order valence-electron chi connectivity index (χ2n) is 5.45. The molecule has 0 atom stereocenters. The molecule has 0 fully saturated rings. The molecule has 0 aromatic heterocycles. The lowest BCUT2D eigenvalue weighted by atomic mass is 10.0. The summed E-state index contributed by atoms with van der Waals surface area (Å²) < 4.78 is 9.90. The maximum Gasteiger partial charge on any atom is 0.338 e. The molecule has 0 bridgehead atoms. The van der Waals surface area contributed by atoms with Crippen LogP contribution in [0.25, 0.3) is 0 Å². The van der Waals surface area contributed by atoms with Crippen molar-refractivity contribution >= 4 is 17.7 Å². The van der Waals surface area contributed by atoms with Crippen molar-refractivity contribution in [2.75, 3.05) is 19.5 Å². The van der Waals surface area contributed by atoms with Crippen molar-refractivity contribution in [3.8, 4) is 5.75 Å². The third kappa shape index (κ3) is 3.03. The Bertz CT molecular complexity index is 771. The van der Waals surface area contributed by atoms with Crippen LogP contribution in [-0.4, -0.2) is 31.1 Å². The summed E-state index contributed by atoms with van der Waals surface area (Å²) in [5, 5.41) is 2.85. The molecule has 1 N–H and O–H groups in total. The number of methoxy groups -OCH3 is 2. The van der Waals surface area contributed by atoms with Crippen molar-refractivity contribution in [2.24, 2.45) is 0 Å². The Balaban J connectivity index is 1.72. The first-order valence-corrected chi connectivity index (χ1v) is 7.51. The van der Waals surface area contributed by atoms with Gasteiger partial charge in [-0.3, -0.25) is 0 Å². The standard InChI is InChI=1S/C18H18N2O4/c1-23-14-8-6-13(7-9-14)19-18(22)20-10-12-4-3-5-15(16(12)11-20)17(21)24-2/h3-9H,10-11H2,1-2H3,(H,19,22). The molecule has 2 aromatic carbocycles. The van der Waals surface area contributed by atoms with Gasteiger partial charge < -0.3 is 19.7 Å². The first kappa shape index (κ1) is 15.9. The number of hydrogen-bond donors (Lipinski definition) is 1. The normalized spacial score (nSPS) is 12.5. The van der Waals surface area contributed by atoms with E-state index in [1.54, 1.807) is 48.4 Å². The minimum atomic E-state index is -0.385. The van der Waals surface area contributed by atoms with Gasteiger partial charge >= 0.3 is 12.0 Å². The highest BCUT2D eigenvalue weighted by Gasteiger charge is 2.27. The Hall–Kier alpha value is -3.02. The van der Waals surface area contributed by atoms with E-state index in [-0.39, 0.29) is 12.0 Å². The van der Waals surface area contributed by atoms with Gasteiger partial charge in [-0.2, -0.15) is 0 Å². The van der Waals surface area contributed by atoms with Gasteiger partial charge in [0.25, 0.3) is 0 Å². The molecule has 2 amide bonds. The van der Waals surface area contributed by atoms with E-state index >= 15 is 0 Å². The van der Waals surface area contributed by atoms with Crippen molar-refractivity contribution in [3.05, 3.63) is 59.2 Å². The average molecular weight is 326 g/mol. The molecular weight excluding hydrogens is 308 g/mol. The molecule has 0 saturated carbocycles. The smallest absolute Gasteiger partial charge is 0.338 e. The van der Waals surface area contributed by atoms with Gasteiger partial charge in [0.15, 0.2) is 0 Å². The molecule has 124 valence electrons. The van der Waals surface area contributed by atoms with Gasteiger partial charge in [0.05, 0.1) is 19.8 Å². The van der Waals surface area contributed by atoms with Crippen LogP contribution in [0.2, 0.25) is 0 Å². The van der Waals surface area contributed by atoms with Crippen molar-refractivity contribution < 1.29 is 19.1 Å². The topological polar surface area (TPSA) is 67.9 Å². The molecule has 0 unspecified atom stereocenters. The van der Waals surface area contributed by atoms with E-state index in [0.717, 1.165) is 16.9 Å². The lowest BCUT2D eigenvalue weighted by Gasteiger charge is -2.16. The zero-order valence-corrected chi connectivity index (χ0v) is 13.5. The van der Waals surface area contributed by atoms with E-state index in [1.165, 1.54) is 7.11 Å². The molecule has 2 aromatic rings. The fourth-order valence-corrected chi connectivity index (χ4v) is 2.74. The van der Waals surface area contributed by atoms with Crippen LogP contribution in [0.4, 0.5) is 10.5 Å². The number of fused-ring (bicyclic) bond motifs is 1. The van der Waals surface area contributed by atoms with Crippen LogP contribution in [-0.2, 0) is 17.8 Å². The Morgan fingerprint density at radius 3 is 2.46 bits per heavy atom. The van der Waals surface area contributed by atoms with Gasteiger partial charge in [0.1, 0.15) is 5.75 Å². The van der Waals surface area contributed by atoms with Gasteiger partial charge in [-0.15, -0.1) is 0 Å². The number of amides is 2. The second-order valence-corrected chi connectivity index (χ2v) is 5.45. The number of carbonyl (C=O) groups is 2. The molecule has 0 aliphatic carbocycles. The van der Waals surface area contributed by atoms with Gasteiger partial charge in [0, 0.05) is 18.8 Å². The molecular formula is C18H18N2O4. The predicted octanol–water partition coefficient (Wildman–Crippen LogP) is 3.03. The first-order valence-electron chi connectivity index (χ1n) is 7.51. The second kappa shape index (κ2) is 6.62. The van der Waals surface area contributed by atoms with E-state index in [9.17, 15) is 9.59 Å². The Morgan fingerprint density at radius 1 is 1.04 bits per heavy atom. The predicted molar refractivity (Wildman–Crippen MR) is 89.0 cm³/mol. The van der Waals surface area contributed by atoms with Crippen LogP contribution >= 0.6 is 0 Å². The molecule has 1 heterocycles. The third-order valence-electron chi connectivity index (χ3n) is 4.02. The highest BCUT2D eigenvalue weighted by Crippen LogP contribution is 2.27. The van der Waals surface area contributed by atoms with E-state index in [0.29, 0.717) is 24.3 Å². The van der Waals surface area contributed by atoms with Gasteiger partial charge in [0.2, 0.25) is 0 Å². The average Bonchev–Trinajstić information content (AvgIpc) is 3.06. The van der Waals surface area contributed by atoms with Crippen LogP contribution in [0.3, 0.4) is 0 Å². The Kier molecular flexibility index (Phi) is 4.37. The zero-order chi connectivity index (χ0) is 17.1. The SMILES string of the molecule is COC(=O)c1cccc2c1CN(C(=O)Nc1ccc(OC)cc1)C2. The largest absolute Gasteiger partial charge is 0.497 e. The van der Waals surface area contributed by atoms with E-state index < -0.39 is 0 Å². The van der Waals surface area contributed by atoms with Crippen molar-refractivity contribution in [1.29, 1.82) is 0 Å². The lowest BCUT2D eigenvalue weighted by molar-refractivity contribution is 0.0599. The molecule has 3 rings (SSSR count). The molecule has 0 spiro atoms. The van der Waals surface area contributed by atoms with Crippen molar-refractivity contribution in [2.45, 2.75) is 13.1 Å². The van der Waals surface area contributed by atoms with Crippen LogP contribution in [0.5, 0.6) is 5.75 Å². The number of hydrogen-bond acceptors (Lipinski definition) is 4. The minimum absolute atomic E-state index is 0.216. The van der Waals surface area contributed by atoms with Crippen LogP contribution in [0, 0.1) is 0 Å². The van der Waals surface area contributed by atoms with Crippen molar-refractivity contribution in [1.82, 2.24) is 4.90 Å². The quantitative estimate of drug-likeness (QED) is 0.880. The van der Waals surface area contributed by atoms with Crippen LogP contribution < -0.4 is 10.1 Å². The maximum atomic E-state index is 12.5. The molecule has 0 radical (unpaired) electrons. The van der Waals surface area contributed by atoms with Gasteiger partial charge in [-0.25, -0.2) is 9.59 Å². The number of benzene rings is 2. The molecule has 0 saturated heterocycles. The molecule has 24 heavy (non-hydrogen) atoms. The Labute approximate surface area is 140 Å². The number of nitrogens with one attached hydrogen (secondary N) is 1. The molecule has 1 aliphatic heterocycles.